The molecule has 16 heavy (non-hydrogen) atoms. The molecule has 0 aliphatic heterocycles. The molecule has 0 spiro atoms. The minimum absolute atomic E-state index is 0.0300. The van der Waals surface area contributed by atoms with E-state index in [1.54, 1.807) is 14.1 Å². The van der Waals surface area contributed by atoms with Crippen molar-refractivity contribution in [1.29, 1.82) is 0 Å². The fourth-order valence-corrected chi connectivity index (χ4v) is 0.996. The molecule has 88 valence electrons. The van der Waals surface area contributed by atoms with E-state index in [4.69, 9.17) is 6.42 Å². The number of aliphatic imine (C=N–C) groups is 1. The Hall–Kier alpha value is -1.70. The average Bonchev–Trinajstić information content (AvgIpc) is 3.05. The van der Waals surface area contributed by atoms with Crippen LogP contribution in [0.3, 0.4) is 0 Å². The summed E-state index contributed by atoms with van der Waals surface area (Å²) in [6, 6.07) is 0.485. The van der Waals surface area contributed by atoms with E-state index in [-0.39, 0.29) is 12.5 Å². The first-order chi connectivity index (χ1) is 7.63. The third-order valence-corrected chi connectivity index (χ3v) is 2.15. The summed E-state index contributed by atoms with van der Waals surface area (Å²) in [5.41, 5.74) is 0. The Kier molecular flexibility index (Phi) is 4.65. The molecule has 5 heteroatoms. The number of hydrogen-bond acceptors (Lipinski definition) is 2. The average molecular weight is 222 g/mol. The van der Waals surface area contributed by atoms with Gasteiger partial charge in [-0.25, -0.2) is 4.99 Å². The van der Waals surface area contributed by atoms with Gasteiger partial charge in [-0.3, -0.25) is 4.79 Å². The second-order valence-electron chi connectivity index (χ2n) is 3.93. The first-order valence-electron chi connectivity index (χ1n) is 5.32. The predicted molar refractivity (Wildman–Crippen MR) is 64.0 cm³/mol. The molecule has 1 fully saturated rings. The van der Waals surface area contributed by atoms with Gasteiger partial charge in [0, 0.05) is 20.1 Å². The van der Waals surface area contributed by atoms with Crippen LogP contribution in [0.15, 0.2) is 4.99 Å². The van der Waals surface area contributed by atoms with E-state index in [0.717, 1.165) is 12.8 Å². The van der Waals surface area contributed by atoms with Crippen molar-refractivity contribution < 1.29 is 4.79 Å². The normalized spacial score (nSPS) is 15.2. The van der Waals surface area contributed by atoms with Gasteiger partial charge in [-0.1, -0.05) is 5.92 Å². The lowest BCUT2D eigenvalue weighted by Crippen LogP contribution is -2.39. The number of nitrogens with zero attached hydrogens (tertiary/aromatic N) is 2. The molecule has 1 saturated carbocycles. The number of carbonyl (C=O) groups excluding carboxylic acids is 1. The molecule has 0 radical (unpaired) electrons. The number of guanidine groups is 1. The highest BCUT2D eigenvalue weighted by Crippen LogP contribution is 2.18. The van der Waals surface area contributed by atoms with E-state index in [9.17, 15) is 4.79 Å². The summed E-state index contributed by atoms with van der Waals surface area (Å²) in [7, 11) is 3.42. The number of nitrogens with one attached hydrogen (secondary N) is 2. The zero-order valence-electron chi connectivity index (χ0n) is 9.79. The van der Waals surface area contributed by atoms with Crippen LogP contribution >= 0.6 is 0 Å². The van der Waals surface area contributed by atoms with Crippen molar-refractivity contribution in [3.63, 3.8) is 0 Å². The van der Waals surface area contributed by atoms with Crippen molar-refractivity contribution in [3.05, 3.63) is 0 Å². The summed E-state index contributed by atoms with van der Waals surface area (Å²) in [5.74, 6) is 3.07. The maximum absolute atomic E-state index is 11.3. The van der Waals surface area contributed by atoms with Crippen LogP contribution in [-0.2, 0) is 4.79 Å². The van der Waals surface area contributed by atoms with E-state index >= 15 is 0 Å². The molecule has 0 atom stereocenters. The Labute approximate surface area is 96.3 Å². The standard InChI is InChI=1S/C11H18N4O/c1-4-7-12-11(14-9-5-6-9)13-8-10(16)15(2)3/h1,9H,5-8H2,2-3H3,(H2,12,13,14). The zero-order chi connectivity index (χ0) is 12.0. The molecule has 1 rings (SSSR count). The topological polar surface area (TPSA) is 56.7 Å². The second kappa shape index (κ2) is 6.01. The maximum Gasteiger partial charge on any atom is 0.243 e. The smallest absolute Gasteiger partial charge is 0.243 e. The molecule has 1 aliphatic carbocycles. The third-order valence-electron chi connectivity index (χ3n) is 2.15. The molecule has 1 aliphatic rings. The van der Waals surface area contributed by atoms with E-state index in [1.807, 2.05) is 0 Å². The van der Waals surface area contributed by atoms with Gasteiger partial charge in [0.2, 0.25) is 5.91 Å². The zero-order valence-corrected chi connectivity index (χ0v) is 9.79. The molecule has 0 aromatic heterocycles. The van der Waals surface area contributed by atoms with Crippen molar-refractivity contribution in [1.82, 2.24) is 15.5 Å². The Bertz CT molecular complexity index is 312. The lowest BCUT2D eigenvalue weighted by molar-refractivity contribution is -0.127. The summed E-state index contributed by atoms with van der Waals surface area (Å²) in [4.78, 5) is 17.0. The largest absolute Gasteiger partial charge is 0.354 e. The molecule has 0 saturated heterocycles. The second-order valence-corrected chi connectivity index (χ2v) is 3.93. The van der Waals surface area contributed by atoms with Gasteiger partial charge in [-0.2, -0.15) is 0 Å². The van der Waals surface area contributed by atoms with Crippen LogP contribution in [0, 0.1) is 12.3 Å². The first-order valence-corrected chi connectivity index (χ1v) is 5.32. The van der Waals surface area contributed by atoms with Crippen LogP contribution in [0.2, 0.25) is 0 Å². The molecule has 0 aromatic carbocycles. The van der Waals surface area contributed by atoms with Gasteiger partial charge in [-0.05, 0) is 12.8 Å². The van der Waals surface area contributed by atoms with Gasteiger partial charge >= 0.3 is 0 Å². The van der Waals surface area contributed by atoms with Crippen molar-refractivity contribution in [2.24, 2.45) is 4.99 Å². The number of carbonyl (C=O) groups is 1. The van der Waals surface area contributed by atoms with Gasteiger partial charge in [0.25, 0.3) is 0 Å². The van der Waals surface area contributed by atoms with Crippen LogP contribution in [-0.4, -0.2) is 50.0 Å². The molecular formula is C11H18N4O. The molecule has 1 amide bonds. The summed E-state index contributed by atoms with van der Waals surface area (Å²) >= 11 is 0. The molecule has 0 unspecified atom stereocenters. The SMILES string of the molecule is C#CCNC(=NCC(=O)N(C)C)NC1CC1. The van der Waals surface area contributed by atoms with Gasteiger partial charge in [0.05, 0.1) is 6.54 Å². The van der Waals surface area contributed by atoms with Gasteiger partial charge in [-0.15, -0.1) is 6.42 Å². The summed E-state index contributed by atoms with van der Waals surface area (Å²) in [6.45, 7) is 0.550. The van der Waals surface area contributed by atoms with Crippen molar-refractivity contribution in [3.8, 4) is 12.3 Å². The maximum atomic E-state index is 11.3. The Morgan fingerprint density at radius 1 is 1.56 bits per heavy atom. The number of terminal acetylenes is 1. The minimum Gasteiger partial charge on any atom is -0.354 e. The van der Waals surface area contributed by atoms with E-state index in [0.29, 0.717) is 18.5 Å². The summed E-state index contributed by atoms with van der Waals surface area (Å²) in [5, 5.41) is 6.16. The predicted octanol–water partition coefficient (Wildman–Crippen LogP) is -0.595. The van der Waals surface area contributed by atoms with Crippen LogP contribution in [0.4, 0.5) is 0 Å². The Morgan fingerprint density at radius 2 is 2.25 bits per heavy atom. The highest BCUT2D eigenvalue weighted by Gasteiger charge is 2.22. The van der Waals surface area contributed by atoms with E-state index < -0.39 is 0 Å². The Balaban J connectivity index is 2.42. The van der Waals surface area contributed by atoms with Crippen LogP contribution in [0.5, 0.6) is 0 Å². The number of amides is 1. The van der Waals surface area contributed by atoms with Gasteiger partial charge in [0.1, 0.15) is 6.54 Å². The summed E-state index contributed by atoms with van der Waals surface area (Å²) in [6.07, 6.45) is 7.46. The number of hydrogen-bond donors (Lipinski definition) is 2. The van der Waals surface area contributed by atoms with Crippen molar-refractivity contribution >= 4 is 11.9 Å². The monoisotopic (exact) mass is 222 g/mol. The van der Waals surface area contributed by atoms with Crippen LogP contribution < -0.4 is 10.6 Å². The first kappa shape index (κ1) is 12.4. The van der Waals surface area contributed by atoms with Crippen LogP contribution in [0.25, 0.3) is 0 Å². The lowest BCUT2D eigenvalue weighted by atomic mass is 10.5. The third kappa shape index (κ3) is 4.69. The van der Waals surface area contributed by atoms with Crippen LogP contribution in [0.1, 0.15) is 12.8 Å². The van der Waals surface area contributed by atoms with Gasteiger partial charge in [0.15, 0.2) is 5.96 Å². The molecule has 0 aromatic rings. The highest BCUT2D eigenvalue weighted by atomic mass is 16.2. The highest BCUT2D eigenvalue weighted by molar-refractivity contribution is 5.85. The lowest BCUT2D eigenvalue weighted by Gasteiger charge is -2.11. The molecule has 0 heterocycles. The van der Waals surface area contributed by atoms with E-state index in [1.165, 1.54) is 4.90 Å². The van der Waals surface area contributed by atoms with Gasteiger partial charge < -0.3 is 15.5 Å². The quantitative estimate of drug-likeness (QED) is 0.379. The van der Waals surface area contributed by atoms with E-state index in [2.05, 4.69) is 21.5 Å². The fourth-order valence-electron chi connectivity index (χ4n) is 0.996. The van der Waals surface area contributed by atoms with Crippen molar-refractivity contribution in [2.75, 3.05) is 27.2 Å². The number of rotatable bonds is 4. The molecule has 0 bridgehead atoms. The molecule has 5 nitrogen and oxygen atoms in total. The van der Waals surface area contributed by atoms with Crippen molar-refractivity contribution in [2.45, 2.75) is 18.9 Å². The Morgan fingerprint density at radius 3 is 2.75 bits per heavy atom. The molecular weight excluding hydrogens is 204 g/mol. The molecule has 2 N–H and O–H groups in total. The number of likely N-dealkylation sites (N-methyl/N-ethyl adjacent to an activating group) is 1. The minimum atomic E-state index is -0.0300. The fraction of sp³-hybridized carbons (Fsp3) is 0.636. The summed E-state index contributed by atoms with van der Waals surface area (Å²) < 4.78 is 0.